The molecule has 2 aliphatic heterocycles. The highest BCUT2D eigenvalue weighted by Gasteiger charge is 2.45. The monoisotopic (exact) mass is 415 g/mol. The molecule has 0 unspecified atom stereocenters. The second-order valence-electron chi connectivity index (χ2n) is 6.84. The number of rotatable bonds is 7. The average molecular weight is 416 g/mol. The lowest BCUT2D eigenvalue weighted by Gasteiger charge is -2.23. The molecule has 0 radical (unpaired) electrons. The second-order valence-corrected chi connectivity index (χ2v) is 9.88. The quantitative estimate of drug-likeness (QED) is 0.633. The number of carbonyl (C=O) groups is 2. The molecule has 0 aliphatic carbocycles. The predicted molar refractivity (Wildman–Crippen MR) is 102 cm³/mol. The van der Waals surface area contributed by atoms with Crippen LogP contribution < -0.4 is 5.32 Å². The van der Waals surface area contributed by atoms with Gasteiger partial charge >= 0.3 is 0 Å². The van der Waals surface area contributed by atoms with Crippen molar-refractivity contribution >= 4 is 33.2 Å². The van der Waals surface area contributed by atoms with Gasteiger partial charge in [-0.25, -0.2) is 12.7 Å². The molecule has 0 spiro atoms. The maximum atomic E-state index is 12.9. The number of fused-ring (bicyclic) bond motifs is 1. The van der Waals surface area contributed by atoms with Crippen molar-refractivity contribution < 1.29 is 22.7 Å². The molecule has 8 nitrogen and oxygen atoms in total. The van der Waals surface area contributed by atoms with Crippen molar-refractivity contribution in [3.8, 4) is 0 Å². The fourth-order valence-corrected chi connectivity index (χ4v) is 5.80. The van der Waals surface area contributed by atoms with Gasteiger partial charge in [-0.15, -0.1) is 11.3 Å². The molecule has 2 fully saturated rings. The number of nitrogens with zero attached hydrogens (tertiary/aromatic N) is 2. The summed E-state index contributed by atoms with van der Waals surface area (Å²) in [5.74, 6) is -0.548. The molecular formula is C17H25N3O5S2. The zero-order chi connectivity index (χ0) is 19.4. The molecular weight excluding hydrogens is 390 g/mol. The maximum Gasteiger partial charge on any atom is 0.253 e. The van der Waals surface area contributed by atoms with E-state index in [9.17, 15) is 18.0 Å². The zero-order valence-corrected chi connectivity index (χ0v) is 16.9. The molecule has 0 saturated carbocycles. The molecule has 1 aromatic rings. The third-order valence-corrected chi connectivity index (χ3v) is 7.51. The van der Waals surface area contributed by atoms with E-state index in [1.807, 2.05) is 22.4 Å². The minimum atomic E-state index is -3.61. The van der Waals surface area contributed by atoms with Crippen LogP contribution in [-0.2, 0) is 30.8 Å². The van der Waals surface area contributed by atoms with Gasteiger partial charge in [0.25, 0.3) is 5.91 Å². The molecule has 1 N–H and O–H groups in total. The molecule has 2 saturated heterocycles. The molecule has 2 amide bonds. The Morgan fingerprint density at radius 1 is 1.44 bits per heavy atom. The third kappa shape index (κ3) is 4.87. The van der Waals surface area contributed by atoms with Crippen LogP contribution in [0.2, 0.25) is 0 Å². The number of amides is 2. The zero-order valence-electron chi connectivity index (χ0n) is 15.3. The third-order valence-electron chi connectivity index (χ3n) is 4.90. The van der Waals surface area contributed by atoms with Gasteiger partial charge in [0.05, 0.1) is 18.2 Å². The number of hydrogen-bond acceptors (Lipinski definition) is 7. The second kappa shape index (κ2) is 8.68. The Balaban J connectivity index is 1.62. The number of sulfonamides is 1. The van der Waals surface area contributed by atoms with Crippen LogP contribution in [0.5, 0.6) is 0 Å². The SMILES string of the molecule is COCCCN1C(=O)[C@@H]2C[C@H](NC(=O)Cc3cccs3)CN2CCS1(=O)=O. The molecule has 3 heterocycles. The van der Waals surface area contributed by atoms with Crippen molar-refractivity contribution in [3.05, 3.63) is 22.4 Å². The van der Waals surface area contributed by atoms with Crippen LogP contribution >= 0.6 is 11.3 Å². The van der Waals surface area contributed by atoms with Crippen LogP contribution in [0.25, 0.3) is 0 Å². The first-order chi connectivity index (χ1) is 12.9. The predicted octanol–water partition coefficient (Wildman–Crippen LogP) is 0.0582. The first-order valence-electron chi connectivity index (χ1n) is 8.99. The van der Waals surface area contributed by atoms with Crippen molar-refractivity contribution in [2.45, 2.75) is 31.3 Å². The van der Waals surface area contributed by atoms with Crippen LogP contribution in [0.4, 0.5) is 0 Å². The molecule has 10 heteroatoms. The Labute approximate surface area is 163 Å². The summed E-state index contributed by atoms with van der Waals surface area (Å²) in [5.41, 5.74) is 0. The van der Waals surface area contributed by atoms with Crippen molar-refractivity contribution in [2.75, 3.05) is 39.1 Å². The topological polar surface area (TPSA) is 96.0 Å². The molecule has 2 aliphatic rings. The summed E-state index contributed by atoms with van der Waals surface area (Å²) in [4.78, 5) is 28.0. The van der Waals surface area contributed by atoms with E-state index in [4.69, 9.17) is 4.74 Å². The Morgan fingerprint density at radius 3 is 2.96 bits per heavy atom. The standard InChI is InChI=1S/C17H25N3O5S2/c1-25-7-3-5-20-17(22)15-10-13(12-19(15)6-9-27(20,23)24)18-16(21)11-14-4-2-8-26-14/h2,4,8,13,15H,3,5-7,9-12H2,1H3,(H,18,21)/t13-,15-/m0/s1. The van der Waals surface area contributed by atoms with Gasteiger partial charge in [-0.3, -0.25) is 14.5 Å². The van der Waals surface area contributed by atoms with Crippen LogP contribution in [0, 0.1) is 0 Å². The average Bonchev–Trinajstić information content (AvgIpc) is 3.24. The summed E-state index contributed by atoms with van der Waals surface area (Å²) in [5, 5.41) is 4.92. The Bertz CT molecular complexity index is 766. The van der Waals surface area contributed by atoms with Crippen LogP contribution in [0.15, 0.2) is 17.5 Å². The summed E-state index contributed by atoms with van der Waals surface area (Å²) < 4.78 is 30.9. The van der Waals surface area contributed by atoms with Crippen molar-refractivity contribution in [1.82, 2.24) is 14.5 Å². The molecule has 2 atom stereocenters. The fourth-order valence-electron chi connectivity index (χ4n) is 3.61. The number of methoxy groups -OCH3 is 1. The molecule has 1 aromatic heterocycles. The van der Waals surface area contributed by atoms with Gasteiger partial charge < -0.3 is 10.1 Å². The highest BCUT2D eigenvalue weighted by atomic mass is 32.2. The van der Waals surface area contributed by atoms with E-state index in [0.717, 1.165) is 9.18 Å². The Morgan fingerprint density at radius 2 is 2.26 bits per heavy atom. The van der Waals surface area contributed by atoms with Crippen LogP contribution in [-0.4, -0.2) is 80.6 Å². The first-order valence-corrected chi connectivity index (χ1v) is 11.5. The fraction of sp³-hybridized carbons (Fsp3) is 0.647. The summed E-state index contributed by atoms with van der Waals surface area (Å²) in [7, 11) is -2.06. The van der Waals surface area contributed by atoms with Gasteiger partial charge in [0, 0.05) is 44.3 Å². The van der Waals surface area contributed by atoms with Gasteiger partial charge in [-0.1, -0.05) is 6.07 Å². The summed E-state index contributed by atoms with van der Waals surface area (Å²) in [6, 6.07) is 3.17. The van der Waals surface area contributed by atoms with E-state index in [0.29, 0.717) is 39.0 Å². The first kappa shape index (κ1) is 20.2. The molecule has 0 aromatic carbocycles. The van der Waals surface area contributed by atoms with Crippen LogP contribution in [0.1, 0.15) is 17.7 Å². The van der Waals surface area contributed by atoms with Crippen molar-refractivity contribution in [2.24, 2.45) is 0 Å². The van der Waals surface area contributed by atoms with E-state index in [2.05, 4.69) is 5.32 Å². The normalized spacial score (nSPS) is 25.2. The minimum absolute atomic E-state index is 0.0721. The van der Waals surface area contributed by atoms with E-state index in [1.54, 1.807) is 7.11 Å². The largest absolute Gasteiger partial charge is 0.385 e. The van der Waals surface area contributed by atoms with Crippen molar-refractivity contribution in [3.63, 3.8) is 0 Å². The van der Waals surface area contributed by atoms with Gasteiger partial charge in [-0.2, -0.15) is 0 Å². The number of nitrogens with one attached hydrogen (secondary N) is 1. The summed E-state index contributed by atoms with van der Waals surface area (Å²) >= 11 is 1.53. The number of carbonyl (C=O) groups excluding carboxylic acids is 2. The number of ether oxygens (including phenoxy) is 1. The lowest BCUT2D eigenvalue weighted by Crippen LogP contribution is -2.44. The number of hydrogen-bond donors (Lipinski definition) is 1. The lowest BCUT2D eigenvalue weighted by atomic mass is 10.1. The molecule has 0 bridgehead atoms. The molecule has 27 heavy (non-hydrogen) atoms. The van der Waals surface area contributed by atoms with Gasteiger partial charge in [0.15, 0.2) is 0 Å². The van der Waals surface area contributed by atoms with Gasteiger partial charge in [-0.05, 0) is 24.3 Å². The van der Waals surface area contributed by atoms with Gasteiger partial charge in [0.1, 0.15) is 0 Å². The van der Waals surface area contributed by atoms with E-state index >= 15 is 0 Å². The lowest BCUT2D eigenvalue weighted by molar-refractivity contribution is -0.130. The number of thiophene rings is 1. The molecule has 3 rings (SSSR count). The smallest absolute Gasteiger partial charge is 0.253 e. The highest BCUT2D eigenvalue weighted by molar-refractivity contribution is 7.89. The minimum Gasteiger partial charge on any atom is -0.385 e. The van der Waals surface area contributed by atoms with E-state index in [-0.39, 0.29) is 24.2 Å². The molecule has 150 valence electrons. The Kier molecular flexibility index (Phi) is 6.51. The van der Waals surface area contributed by atoms with Gasteiger partial charge in [0.2, 0.25) is 15.9 Å². The maximum absolute atomic E-state index is 12.9. The van der Waals surface area contributed by atoms with E-state index < -0.39 is 22.0 Å². The van der Waals surface area contributed by atoms with Crippen LogP contribution in [0.3, 0.4) is 0 Å². The van der Waals surface area contributed by atoms with Crippen molar-refractivity contribution in [1.29, 1.82) is 0 Å². The Hall–Kier alpha value is -1.49. The highest BCUT2D eigenvalue weighted by Crippen LogP contribution is 2.25. The summed E-state index contributed by atoms with van der Waals surface area (Å²) in [6.45, 7) is 1.33. The summed E-state index contributed by atoms with van der Waals surface area (Å²) in [6.07, 6.45) is 1.23. The van der Waals surface area contributed by atoms with E-state index in [1.165, 1.54) is 11.3 Å².